The van der Waals surface area contributed by atoms with E-state index in [0.717, 1.165) is 16.5 Å². The summed E-state index contributed by atoms with van der Waals surface area (Å²) in [5.41, 5.74) is 1.84. The predicted octanol–water partition coefficient (Wildman–Crippen LogP) is 2.74. The fourth-order valence-corrected chi connectivity index (χ4v) is 1.94. The van der Waals surface area contributed by atoms with E-state index in [4.69, 9.17) is 0 Å². The first kappa shape index (κ1) is 11.9. The van der Waals surface area contributed by atoms with Gasteiger partial charge in [0.25, 0.3) is 0 Å². The maximum absolute atomic E-state index is 11.6. The standard InChI is InChI=1S/C12H12BrN3O/c13-10-3-1-2-9(6-10)4-5-12(17)16-11-7-14-15-8-11/h1-3,6-8H,4-5H2,(H,14,15)(H,16,17). The van der Waals surface area contributed by atoms with Crippen molar-refractivity contribution >= 4 is 27.5 Å². The quantitative estimate of drug-likeness (QED) is 0.911. The number of nitrogens with zero attached hydrogens (tertiary/aromatic N) is 1. The average molecular weight is 294 g/mol. The molecule has 0 fully saturated rings. The van der Waals surface area contributed by atoms with Gasteiger partial charge in [0.1, 0.15) is 0 Å². The highest BCUT2D eigenvalue weighted by Crippen LogP contribution is 2.13. The fourth-order valence-electron chi connectivity index (χ4n) is 1.49. The Morgan fingerprint density at radius 2 is 2.35 bits per heavy atom. The first-order valence-corrected chi connectivity index (χ1v) is 6.06. The third-order valence-corrected chi connectivity index (χ3v) is 2.80. The summed E-state index contributed by atoms with van der Waals surface area (Å²) >= 11 is 3.40. The second-order valence-electron chi connectivity index (χ2n) is 3.67. The van der Waals surface area contributed by atoms with E-state index in [9.17, 15) is 4.79 Å². The Morgan fingerprint density at radius 3 is 3.06 bits per heavy atom. The number of aromatic amines is 1. The number of nitrogens with one attached hydrogen (secondary N) is 2. The molecule has 1 heterocycles. The van der Waals surface area contributed by atoms with Crippen LogP contribution >= 0.6 is 15.9 Å². The summed E-state index contributed by atoms with van der Waals surface area (Å²) in [7, 11) is 0. The predicted molar refractivity (Wildman–Crippen MR) is 69.7 cm³/mol. The topological polar surface area (TPSA) is 57.8 Å². The van der Waals surface area contributed by atoms with Crippen molar-refractivity contribution in [1.82, 2.24) is 10.2 Å². The number of amides is 1. The minimum absolute atomic E-state index is 0.00799. The normalized spacial score (nSPS) is 10.2. The van der Waals surface area contributed by atoms with Crippen molar-refractivity contribution in [3.05, 3.63) is 46.7 Å². The molecule has 0 saturated carbocycles. The van der Waals surface area contributed by atoms with E-state index in [0.29, 0.717) is 12.1 Å². The maximum atomic E-state index is 11.6. The number of rotatable bonds is 4. The molecular weight excluding hydrogens is 282 g/mol. The summed E-state index contributed by atoms with van der Waals surface area (Å²) in [5.74, 6) is -0.00799. The van der Waals surface area contributed by atoms with Crippen LogP contribution in [0.3, 0.4) is 0 Å². The van der Waals surface area contributed by atoms with Crippen molar-refractivity contribution in [2.24, 2.45) is 0 Å². The molecule has 0 aliphatic heterocycles. The van der Waals surface area contributed by atoms with Gasteiger partial charge < -0.3 is 5.32 Å². The highest BCUT2D eigenvalue weighted by Gasteiger charge is 2.03. The second-order valence-corrected chi connectivity index (χ2v) is 4.58. The van der Waals surface area contributed by atoms with Crippen LogP contribution in [0.5, 0.6) is 0 Å². The summed E-state index contributed by atoms with van der Waals surface area (Å²) in [4.78, 5) is 11.6. The van der Waals surface area contributed by atoms with Crippen LogP contribution in [0.25, 0.3) is 0 Å². The zero-order valence-electron chi connectivity index (χ0n) is 9.11. The molecule has 0 radical (unpaired) electrons. The maximum Gasteiger partial charge on any atom is 0.224 e. The first-order chi connectivity index (χ1) is 8.24. The summed E-state index contributed by atoms with van der Waals surface area (Å²) in [6, 6.07) is 7.96. The molecule has 17 heavy (non-hydrogen) atoms. The number of carbonyl (C=O) groups is 1. The summed E-state index contributed by atoms with van der Waals surface area (Å²) < 4.78 is 1.03. The average Bonchev–Trinajstić information content (AvgIpc) is 2.79. The van der Waals surface area contributed by atoms with Crippen LogP contribution in [0, 0.1) is 0 Å². The lowest BCUT2D eigenvalue weighted by Gasteiger charge is -2.03. The second kappa shape index (κ2) is 5.63. The minimum Gasteiger partial charge on any atom is -0.323 e. The van der Waals surface area contributed by atoms with Crippen LogP contribution in [0.2, 0.25) is 0 Å². The fraction of sp³-hybridized carbons (Fsp3) is 0.167. The molecule has 1 amide bonds. The van der Waals surface area contributed by atoms with E-state index in [1.165, 1.54) is 0 Å². The molecule has 5 heteroatoms. The van der Waals surface area contributed by atoms with Crippen LogP contribution < -0.4 is 5.32 Å². The number of anilines is 1. The molecule has 0 aliphatic carbocycles. The third-order valence-electron chi connectivity index (χ3n) is 2.31. The van der Waals surface area contributed by atoms with Gasteiger partial charge in [-0.05, 0) is 24.1 Å². The molecule has 1 aromatic carbocycles. The lowest BCUT2D eigenvalue weighted by atomic mass is 10.1. The van der Waals surface area contributed by atoms with Crippen LogP contribution in [0.4, 0.5) is 5.69 Å². The molecule has 0 spiro atoms. The number of aromatic nitrogens is 2. The van der Waals surface area contributed by atoms with Gasteiger partial charge in [-0.2, -0.15) is 5.10 Å². The van der Waals surface area contributed by atoms with Crippen molar-refractivity contribution in [2.45, 2.75) is 12.8 Å². The van der Waals surface area contributed by atoms with Gasteiger partial charge >= 0.3 is 0 Å². The molecule has 4 nitrogen and oxygen atoms in total. The number of carbonyl (C=O) groups excluding carboxylic acids is 1. The molecular formula is C12H12BrN3O. The zero-order chi connectivity index (χ0) is 12.1. The van der Waals surface area contributed by atoms with Gasteiger partial charge in [0.2, 0.25) is 5.91 Å². The number of H-pyrrole nitrogens is 1. The van der Waals surface area contributed by atoms with Crippen molar-refractivity contribution in [1.29, 1.82) is 0 Å². The van der Waals surface area contributed by atoms with Crippen LogP contribution in [-0.2, 0) is 11.2 Å². The van der Waals surface area contributed by atoms with Gasteiger partial charge in [-0.3, -0.25) is 9.89 Å². The lowest BCUT2D eigenvalue weighted by molar-refractivity contribution is -0.116. The van der Waals surface area contributed by atoms with Gasteiger partial charge in [0, 0.05) is 17.1 Å². The molecule has 2 rings (SSSR count). The molecule has 0 atom stereocenters. The molecule has 0 saturated heterocycles. The Morgan fingerprint density at radius 1 is 1.47 bits per heavy atom. The number of benzene rings is 1. The smallest absolute Gasteiger partial charge is 0.224 e. The van der Waals surface area contributed by atoms with E-state index in [1.54, 1.807) is 12.4 Å². The highest BCUT2D eigenvalue weighted by atomic mass is 79.9. The number of hydrogen-bond acceptors (Lipinski definition) is 2. The van der Waals surface area contributed by atoms with Gasteiger partial charge in [-0.1, -0.05) is 28.1 Å². The summed E-state index contributed by atoms with van der Waals surface area (Å²) in [5, 5.41) is 9.17. The summed E-state index contributed by atoms with van der Waals surface area (Å²) in [6.07, 6.45) is 4.42. The SMILES string of the molecule is O=C(CCc1cccc(Br)c1)Nc1cn[nH]c1. The largest absolute Gasteiger partial charge is 0.323 e. The first-order valence-electron chi connectivity index (χ1n) is 5.27. The monoisotopic (exact) mass is 293 g/mol. The van der Waals surface area contributed by atoms with Gasteiger partial charge in [-0.15, -0.1) is 0 Å². The third kappa shape index (κ3) is 3.71. The molecule has 0 aliphatic rings. The Bertz CT molecular complexity index is 496. The zero-order valence-corrected chi connectivity index (χ0v) is 10.7. The lowest BCUT2D eigenvalue weighted by Crippen LogP contribution is -2.11. The highest BCUT2D eigenvalue weighted by molar-refractivity contribution is 9.10. The molecule has 2 aromatic rings. The van der Waals surface area contributed by atoms with Crippen molar-refractivity contribution in [2.75, 3.05) is 5.32 Å². The van der Waals surface area contributed by atoms with Gasteiger partial charge in [-0.25, -0.2) is 0 Å². The van der Waals surface area contributed by atoms with E-state index in [2.05, 4.69) is 31.4 Å². The van der Waals surface area contributed by atoms with Crippen LogP contribution in [0.1, 0.15) is 12.0 Å². The number of halogens is 1. The molecule has 0 unspecified atom stereocenters. The number of aryl methyl sites for hydroxylation is 1. The van der Waals surface area contributed by atoms with Gasteiger partial charge in [0.15, 0.2) is 0 Å². The van der Waals surface area contributed by atoms with E-state index in [1.807, 2.05) is 24.3 Å². The van der Waals surface area contributed by atoms with E-state index < -0.39 is 0 Å². The van der Waals surface area contributed by atoms with Crippen molar-refractivity contribution in [3.63, 3.8) is 0 Å². The van der Waals surface area contributed by atoms with Gasteiger partial charge in [0.05, 0.1) is 11.9 Å². The Labute approximate surface area is 108 Å². The molecule has 0 bridgehead atoms. The molecule has 88 valence electrons. The van der Waals surface area contributed by atoms with Crippen LogP contribution in [0.15, 0.2) is 41.1 Å². The summed E-state index contributed by atoms with van der Waals surface area (Å²) in [6.45, 7) is 0. The van der Waals surface area contributed by atoms with Crippen LogP contribution in [-0.4, -0.2) is 16.1 Å². The van der Waals surface area contributed by atoms with Crippen molar-refractivity contribution < 1.29 is 4.79 Å². The number of hydrogen-bond donors (Lipinski definition) is 2. The Hall–Kier alpha value is -1.62. The minimum atomic E-state index is -0.00799. The van der Waals surface area contributed by atoms with Crippen molar-refractivity contribution in [3.8, 4) is 0 Å². The van der Waals surface area contributed by atoms with E-state index >= 15 is 0 Å². The molecule has 2 N–H and O–H groups in total. The Kier molecular flexibility index (Phi) is 3.93. The Balaban J connectivity index is 1.84. The molecule has 1 aromatic heterocycles. The van der Waals surface area contributed by atoms with E-state index in [-0.39, 0.29) is 5.91 Å².